The van der Waals surface area contributed by atoms with Crippen LogP contribution in [0.2, 0.25) is 0 Å². The summed E-state index contributed by atoms with van der Waals surface area (Å²) in [6, 6.07) is 5.75. The molecule has 0 aromatic heterocycles. The molecule has 84 valence electrons. The van der Waals surface area contributed by atoms with Crippen LogP contribution in [0.4, 0.5) is 0 Å². The number of carbonyl (C=O) groups is 2. The Kier molecular flexibility index (Phi) is 2.54. The summed E-state index contributed by atoms with van der Waals surface area (Å²) >= 11 is 0. The van der Waals surface area contributed by atoms with Gasteiger partial charge in [-0.1, -0.05) is 19.1 Å². The van der Waals surface area contributed by atoms with Crippen molar-refractivity contribution in [1.29, 1.82) is 0 Å². The van der Waals surface area contributed by atoms with Crippen LogP contribution in [0.15, 0.2) is 18.2 Å². The minimum absolute atomic E-state index is 0.397. The lowest BCUT2D eigenvalue weighted by molar-refractivity contribution is -0.124. The number of ether oxygens (including phenoxy) is 1. The van der Waals surface area contributed by atoms with Crippen molar-refractivity contribution in [3.8, 4) is 0 Å². The highest BCUT2D eigenvalue weighted by Crippen LogP contribution is 2.27. The zero-order valence-corrected chi connectivity index (χ0v) is 9.45. The van der Waals surface area contributed by atoms with E-state index in [1.54, 1.807) is 6.92 Å². The summed E-state index contributed by atoms with van der Waals surface area (Å²) in [4.78, 5) is 22.6. The van der Waals surface area contributed by atoms with Crippen molar-refractivity contribution in [1.82, 2.24) is 0 Å². The fourth-order valence-electron chi connectivity index (χ4n) is 1.93. The zero-order valence-electron chi connectivity index (χ0n) is 9.45. The molecule has 1 heterocycles. The summed E-state index contributed by atoms with van der Waals surface area (Å²) in [7, 11) is 0. The Morgan fingerprint density at radius 1 is 1.50 bits per heavy atom. The standard InChI is InChI=1S/C13H14O3/c1-3-9-4-5-10-7-13(2,8-14)16-12(15)11(10)6-9/h4-6,8H,3,7H2,1-2H3. The van der Waals surface area contributed by atoms with Crippen LogP contribution in [0.3, 0.4) is 0 Å². The first-order valence-corrected chi connectivity index (χ1v) is 5.39. The van der Waals surface area contributed by atoms with E-state index in [9.17, 15) is 9.59 Å². The molecule has 16 heavy (non-hydrogen) atoms. The molecule has 0 amide bonds. The van der Waals surface area contributed by atoms with E-state index in [2.05, 4.69) is 0 Å². The van der Waals surface area contributed by atoms with E-state index in [4.69, 9.17) is 4.74 Å². The molecule has 0 bridgehead atoms. The van der Waals surface area contributed by atoms with E-state index >= 15 is 0 Å². The molecule has 0 aliphatic carbocycles. The van der Waals surface area contributed by atoms with Crippen LogP contribution >= 0.6 is 0 Å². The van der Waals surface area contributed by atoms with E-state index in [0.717, 1.165) is 17.5 Å². The fraction of sp³-hybridized carbons (Fsp3) is 0.385. The second-order valence-corrected chi connectivity index (χ2v) is 4.34. The first-order chi connectivity index (χ1) is 7.58. The maximum absolute atomic E-state index is 11.7. The van der Waals surface area contributed by atoms with Gasteiger partial charge in [0.1, 0.15) is 0 Å². The molecule has 0 saturated carbocycles. The van der Waals surface area contributed by atoms with Crippen LogP contribution in [0.1, 0.15) is 35.3 Å². The normalized spacial score (nSPS) is 23.5. The number of hydrogen-bond acceptors (Lipinski definition) is 3. The Bertz CT molecular complexity index is 450. The van der Waals surface area contributed by atoms with Crippen molar-refractivity contribution < 1.29 is 14.3 Å². The Morgan fingerprint density at radius 2 is 2.25 bits per heavy atom. The molecule has 0 spiro atoms. The fourth-order valence-corrected chi connectivity index (χ4v) is 1.93. The Balaban J connectivity index is 2.46. The van der Waals surface area contributed by atoms with Crippen LogP contribution in [-0.2, 0) is 22.4 Å². The van der Waals surface area contributed by atoms with Gasteiger partial charge in [0.05, 0.1) is 5.56 Å². The van der Waals surface area contributed by atoms with Gasteiger partial charge in [0, 0.05) is 6.42 Å². The number of carbonyl (C=O) groups excluding carboxylic acids is 2. The summed E-state index contributed by atoms with van der Waals surface area (Å²) in [6.45, 7) is 3.67. The predicted octanol–water partition coefficient (Wildman–Crippen LogP) is 1.92. The Labute approximate surface area is 94.4 Å². The van der Waals surface area contributed by atoms with Gasteiger partial charge in [-0.2, -0.15) is 0 Å². The minimum atomic E-state index is -1.00. The smallest absolute Gasteiger partial charge is 0.339 e. The summed E-state index contributed by atoms with van der Waals surface area (Å²) in [5.74, 6) is -0.397. The molecule has 1 aliphatic rings. The van der Waals surface area contributed by atoms with Crippen molar-refractivity contribution >= 4 is 12.3 Å². The highest BCUT2D eigenvalue weighted by molar-refractivity contribution is 5.94. The summed E-state index contributed by atoms with van der Waals surface area (Å²) in [5, 5.41) is 0. The highest BCUT2D eigenvalue weighted by atomic mass is 16.6. The van der Waals surface area contributed by atoms with Crippen molar-refractivity contribution in [3.63, 3.8) is 0 Å². The van der Waals surface area contributed by atoms with Crippen molar-refractivity contribution in [2.75, 3.05) is 0 Å². The predicted molar refractivity (Wildman–Crippen MR) is 59.4 cm³/mol. The van der Waals surface area contributed by atoms with E-state index < -0.39 is 11.6 Å². The SMILES string of the molecule is CCc1ccc2c(c1)C(=O)OC(C)(C=O)C2. The number of benzene rings is 1. The third-order valence-corrected chi connectivity index (χ3v) is 2.92. The third-order valence-electron chi connectivity index (χ3n) is 2.92. The highest BCUT2D eigenvalue weighted by Gasteiger charge is 2.35. The number of hydrogen-bond donors (Lipinski definition) is 0. The van der Waals surface area contributed by atoms with Crippen molar-refractivity contribution in [2.45, 2.75) is 32.3 Å². The number of rotatable bonds is 2. The number of fused-ring (bicyclic) bond motifs is 1. The van der Waals surface area contributed by atoms with E-state index in [0.29, 0.717) is 18.3 Å². The summed E-state index contributed by atoms with van der Waals surface area (Å²) in [6.07, 6.45) is 2.04. The maximum Gasteiger partial charge on any atom is 0.339 e. The van der Waals surface area contributed by atoms with E-state index in [-0.39, 0.29) is 0 Å². The molecule has 1 aliphatic heterocycles. The molecule has 0 N–H and O–H groups in total. The second-order valence-electron chi connectivity index (χ2n) is 4.34. The molecule has 0 radical (unpaired) electrons. The molecule has 1 aromatic carbocycles. The lowest BCUT2D eigenvalue weighted by Gasteiger charge is -2.29. The molecule has 1 atom stereocenters. The summed E-state index contributed by atoms with van der Waals surface area (Å²) < 4.78 is 5.14. The minimum Gasteiger partial charge on any atom is -0.448 e. The van der Waals surface area contributed by atoms with Crippen LogP contribution in [0, 0.1) is 0 Å². The van der Waals surface area contributed by atoms with Crippen molar-refractivity contribution in [2.24, 2.45) is 0 Å². The zero-order chi connectivity index (χ0) is 11.8. The molecular formula is C13H14O3. The quantitative estimate of drug-likeness (QED) is 0.562. The molecule has 2 rings (SSSR count). The van der Waals surface area contributed by atoms with Gasteiger partial charge in [-0.3, -0.25) is 4.79 Å². The van der Waals surface area contributed by atoms with Gasteiger partial charge in [0.15, 0.2) is 11.9 Å². The average Bonchev–Trinajstić information content (AvgIpc) is 2.28. The molecular weight excluding hydrogens is 204 g/mol. The lowest BCUT2D eigenvalue weighted by Crippen LogP contribution is -2.40. The summed E-state index contributed by atoms with van der Waals surface area (Å²) in [5.41, 5.74) is 1.59. The molecule has 3 heteroatoms. The third kappa shape index (κ3) is 1.73. The maximum atomic E-state index is 11.7. The molecule has 0 fully saturated rings. The van der Waals surface area contributed by atoms with Crippen LogP contribution in [0.5, 0.6) is 0 Å². The van der Waals surface area contributed by atoms with Gasteiger partial charge in [-0.15, -0.1) is 0 Å². The number of aryl methyl sites for hydroxylation is 1. The lowest BCUT2D eigenvalue weighted by atomic mass is 9.90. The van der Waals surface area contributed by atoms with Crippen molar-refractivity contribution in [3.05, 3.63) is 34.9 Å². The molecule has 0 saturated heterocycles. The largest absolute Gasteiger partial charge is 0.448 e. The topological polar surface area (TPSA) is 43.4 Å². The Hall–Kier alpha value is -1.64. The van der Waals surface area contributed by atoms with Gasteiger partial charge in [-0.05, 0) is 30.5 Å². The van der Waals surface area contributed by atoms with E-state index in [1.807, 2.05) is 25.1 Å². The van der Waals surface area contributed by atoms with Crippen LogP contribution in [-0.4, -0.2) is 17.9 Å². The monoisotopic (exact) mass is 218 g/mol. The first-order valence-electron chi connectivity index (χ1n) is 5.39. The number of cyclic esters (lactones) is 1. The number of aldehydes is 1. The molecule has 1 aromatic rings. The van der Waals surface area contributed by atoms with Gasteiger partial charge >= 0.3 is 5.97 Å². The molecule has 1 unspecified atom stereocenters. The van der Waals surface area contributed by atoms with Crippen LogP contribution in [0.25, 0.3) is 0 Å². The average molecular weight is 218 g/mol. The first kappa shape index (κ1) is 10.9. The second kappa shape index (κ2) is 3.74. The number of esters is 1. The Morgan fingerprint density at radius 3 is 2.88 bits per heavy atom. The molecule has 3 nitrogen and oxygen atoms in total. The van der Waals surface area contributed by atoms with Gasteiger partial charge in [0.2, 0.25) is 0 Å². The van der Waals surface area contributed by atoms with Gasteiger partial charge in [-0.25, -0.2) is 4.79 Å². The van der Waals surface area contributed by atoms with E-state index in [1.165, 1.54) is 0 Å². The van der Waals surface area contributed by atoms with Gasteiger partial charge in [0.25, 0.3) is 0 Å². The van der Waals surface area contributed by atoms with Gasteiger partial charge < -0.3 is 4.74 Å². The van der Waals surface area contributed by atoms with Crippen LogP contribution < -0.4 is 0 Å².